The molecule has 0 saturated heterocycles. The summed E-state index contributed by atoms with van der Waals surface area (Å²) in [5, 5.41) is 9.87. The number of benzene rings is 1. The molecule has 0 spiro atoms. The van der Waals surface area contributed by atoms with Crippen molar-refractivity contribution < 1.29 is 19.1 Å². The number of amides is 1. The van der Waals surface area contributed by atoms with Gasteiger partial charge in [-0.25, -0.2) is 9.79 Å². The van der Waals surface area contributed by atoms with Crippen molar-refractivity contribution in [2.75, 3.05) is 0 Å². The Morgan fingerprint density at radius 3 is 2.70 bits per heavy atom. The van der Waals surface area contributed by atoms with Crippen molar-refractivity contribution in [3.05, 3.63) is 56.4 Å². The van der Waals surface area contributed by atoms with Crippen molar-refractivity contribution in [1.29, 1.82) is 0 Å². The topological polar surface area (TPSA) is 96.9 Å². The van der Waals surface area contributed by atoms with E-state index in [0.29, 0.717) is 16.1 Å². The molecule has 2 heterocycles. The molecule has 1 N–H and O–H groups in total. The van der Waals surface area contributed by atoms with Gasteiger partial charge in [0, 0.05) is 11.6 Å². The first-order valence-electron chi connectivity index (χ1n) is 5.61. The molecule has 1 aliphatic rings. The summed E-state index contributed by atoms with van der Waals surface area (Å²) < 4.78 is 5.19. The van der Waals surface area contributed by atoms with Crippen LogP contribution in [0.15, 0.2) is 38.5 Å². The fourth-order valence-corrected chi connectivity index (χ4v) is 2.02. The average Bonchev–Trinajstić information content (AvgIpc) is 2.39. The molecule has 1 amide bonds. The normalized spacial score (nSPS) is 12.3. The fourth-order valence-electron chi connectivity index (χ4n) is 2.02. The van der Waals surface area contributed by atoms with Gasteiger partial charge in [0.25, 0.3) is 5.91 Å². The van der Waals surface area contributed by atoms with Gasteiger partial charge in [-0.05, 0) is 17.4 Å². The fraction of sp³-hybridized carbons (Fsp3) is 0. The van der Waals surface area contributed by atoms with E-state index in [2.05, 4.69) is 11.6 Å². The van der Waals surface area contributed by atoms with Gasteiger partial charge in [0.05, 0.1) is 5.36 Å². The van der Waals surface area contributed by atoms with Crippen LogP contribution in [0.1, 0.15) is 20.9 Å². The Hall–Kier alpha value is -3.02. The maximum atomic E-state index is 11.9. The maximum absolute atomic E-state index is 11.9. The van der Waals surface area contributed by atoms with Gasteiger partial charge in [-0.15, -0.1) is 0 Å². The van der Waals surface area contributed by atoms with Gasteiger partial charge >= 0.3 is 5.97 Å². The minimum Gasteiger partial charge on any atom is -0.475 e. The number of carbonyl (C=O) groups is 2. The Balaban J connectivity index is 2.48. The van der Waals surface area contributed by atoms with Crippen molar-refractivity contribution in [2.24, 2.45) is 4.99 Å². The van der Waals surface area contributed by atoms with Crippen LogP contribution in [-0.2, 0) is 0 Å². The largest absolute Gasteiger partial charge is 0.475 e. The number of fused-ring (bicyclic) bond motifs is 3. The Labute approximate surface area is 111 Å². The van der Waals surface area contributed by atoms with Crippen LogP contribution in [0.25, 0.3) is 17.9 Å². The van der Waals surface area contributed by atoms with Crippen LogP contribution in [0, 0.1) is 0 Å². The molecule has 1 aromatic carbocycles. The molecular formula is C14H7NO5. The first-order chi connectivity index (χ1) is 9.47. The zero-order chi connectivity index (χ0) is 14.4. The lowest BCUT2D eigenvalue weighted by molar-refractivity contribution is 0.0659. The summed E-state index contributed by atoms with van der Waals surface area (Å²) in [5.41, 5.74) is -0.599. The highest BCUT2D eigenvalue weighted by Gasteiger charge is 2.26. The summed E-state index contributed by atoms with van der Waals surface area (Å²) in [4.78, 5) is 38.5. The number of aromatic carboxylic acids is 1. The number of hydrogen-bond acceptors (Lipinski definition) is 4. The van der Waals surface area contributed by atoms with Crippen molar-refractivity contribution in [3.63, 3.8) is 0 Å². The lowest BCUT2D eigenvalue weighted by Crippen LogP contribution is -2.26. The SMILES string of the molecule is C=c1ccc2c(c1)-c1oc(C(=O)O)cc(=O)c1C(=O)N=2. The number of carboxylic acids is 1. The van der Waals surface area contributed by atoms with Gasteiger partial charge in [0.15, 0.2) is 11.2 Å². The van der Waals surface area contributed by atoms with Crippen LogP contribution < -0.4 is 16.0 Å². The summed E-state index contributed by atoms with van der Waals surface area (Å²) in [7, 11) is 0. The first kappa shape index (κ1) is 12.0. The van der Waals surface area contributed by atoms with E-state index in [4.69, 9.17) is 9.52 Å². The molecule has 6 nitrogen and oxygen atoms in total. The Kier molecular flexibility index (Phi) is 2.40. The summed E-state index contributed by atoms with van der Waals surface area (Å²) in [6.45, 7) is 3.74. The second-order valence-electron chi connectivity index (χ2n) is 4.25. The van der Waals surface area contributed by atoms with Gasteiger partial charge < -0.3 is 9.52 Å². The summed E-state index contributed by atoms with van der Waals surface area (Å²) in [6, 6.07) is 5.57. The molecule has 2 aromatic rings. The number of rotatable bonds is 1. The maximum Gasteiger partial charge on any atom is 0.371 e. The van der Waals surface area contributed by atoms with E-state index in [1.165, 1.54) is 0 Å². The van der Waals surface area contributed by atoms with Gasteiger partial charge in [0.1, 0.15) is 5.56 Å². The monoisotopic (exact) mass is 269 g/mol. The molecule has 0 atom stereocenters. The van der Waals surface area contributed by atoms with E-state index < -0.39 is 23.1 Å². The quantitative estimate of drug-likeness (QED) is 0.797. The third-order valence-corrected chi connectivity index (χ3v) is 2.90. The molecule has 0 aliphatic carbocycles. The van der Waals surface area contributed by atoms with E-state index in [1.54, 1.807) is 18.2 Å². The smallest absolute Gasteiger partial charge is 0.371 e. The van der Waals surface area contributed by atoms with E-state index in [9.17, 15) is 14.4 Å². The third-order valence-electron chi connectivity index (χ3n) is 2.90. The zero-order valence-electron chi connectivity index (χ0n) is 10.0. The zero-order valence-corrected chi connectivity index (χ0v) is 10.0. The third kappa shape index (κ3) is 1.66. The standard InChI is InChI=1S/C14H7NO5/c1-6-2-3-8-7(4-6)12-11(13(17)15-8)9(16)5-10(20-12)14(18)19/h2-5H,1H2,(H,18,19). The van der Waals surface area contributed by atoms with Gasteiger partial charge in [0.2, 0.25) is 5.76 Å². The molecule has 1 aliphatic heterocycles. The lowest BCUT2D eigenvalue weighted by atomic mass is 10.0. The molecule has 6 heteroatoms. The molecule has 1 aromatic heterocycles. The summed E-state index contributed by atoms with van der Waals surface area (Å²) >= 11 is 0. The van der Waals surface area contributed by atoms with E-state index in [1.807, 2.05) is 0 Å². The van der Waals surface area contributed by atoms with Crippen molar-refractivity contribution in [1.82, 2.24) is 0 Å². The predicted octanol–water partition coefficient (Wildman–Crippen LogP) is 0.189. The molecule has 0 saturated carbocycles. The minimum absolute atomic E-state index is 0.0737. The Morgan fingerprint density at radius 2 is 2.00 bits per heavy atom. The highest BCUT2D eigenvalue weighted by Crippen LogP contribution is 2.22. The van der Waals surface area contributed by atoms with Gasteiger partial charge in [-0.1, -0.05) is 12.6 Å². The van der Waals surface area contributed by atoms with Crippen LogP contribution in [0.3, 0.4) is 0 Å². The van der Waals surface area contributed by atoms with Crippen LogP contribution in [0.2, 0.25) is 0 Å². The number of carbonyl (C=O) groups excluding carboxylic acids is 1. The minimum atomic E-state index is -1.38. The van der Waals surface area contributed by atoms with E-state index in [0.717, 1.165) is 6.07 Å². The van der Waals surface area contributed by atoms with Crippen LogP contribution in [-0.4, -0.2) is 17.0 Å². The summed E-state index contributed by atoms with van der Waals surface area (Å²) in [5.74, 6) is -2.72. The molecule has 20 heavy (non-hydrogen) atoms. The van der Waals surface area contributed by atoms with Gasteiger partial charge in [-0.3, -0.25) is 9.59 Å². The number of carboxylic acid groups (broad SMARTS) is 1. The molecule has 0 radical (unpaired) electrons. The van der Waals surface area contributed by atoms with E-state index >= 15 is 0 Å². The highest BCUT2D eigenvalue weighted by molar-refractivity contribution is 6.02. The molecule has 98 valence electrons. The summed E-state index contributed by atoms with van der Waals surface area (Å²) in [6.07, 6.45) is 0. The van der Waals surface area contributed by atoms with Crippen molar-refractivity contribution in [3.8, 4) is 11.3 Å². The molecule has 0 unspecified atom stereocenters. The van der Waals surface area contributed by atoms with Crippen molar-refractivity contribution >= 4 is 18.5 Å². The number of hydrogen-bond donors (Lipinski definition) is 1. The van der Waals surface area contributed by atoms with Crippen LogP contribution in [0.5, 0.6) is 0 Å². The average molecular weight is 269 g/mol. The second kappa shape index (κ2) is 3.99. The molecule has 0 bridgehead atoms. The molecule has 0 fully saturated rings. The van der Waals surface area contributed by atoms with Crippen LogP contribution >= 0.6 is 0 Å². The molecule has 3 rings (SSSR count). The lowest BCUT2D eigenvalue weighted by Gasteiger charge is -2.11. The first-order valence-corrected chi connectivity index (χ1v) is 5.61. The van der Waals surface area contributed by atoms with Crippen LogP contribution in [0.4, 0.5) is 0 Å². The van der Waals surface area contributed by atoms with Gasteiger partial charge in [-0.2, -0.15) is 0 Å². The van der Waals surface area contributed by atoms with Crippen molar-refractivity contribution in [2.45, 2.75) is 0 Å². The highest BCUT2D eigenvalue weighted by atomic mass is 16.4. The molecular weight excluding hydrogens is 262 g/mol. The number of nitrogens with zero attached hydrogens (tertiary/aromatic N) is 1. The Bertz CT molecular complexity index is 939. The van der Waals surface area contributed by atoms with E-state index in [-0.39, 0.29) is 11.3 Å². The Morgan fingerprint density at radius 1 is 1.25 bits per heavy atom. The predicted molar refractivity (Wildman–Crippen MR) is 68.0 cm³/mol. The second-order valence-corrected chi connectivity index (χ2v) is 4.25.